The van der Waals surface area contributed by atoms with Crippen molar-refractivity contribution in [3.8, 4) is 0 Å². The summed E-state index contributed by atoms with van der Waals surface area (Å²) in [5.41, 5.74) is 2.83. The van der Waals surface area contributed by atoms with Gasteiger partial charge in [0.15, 0.2) is 0 Å². The third kappa shape index (κ3) is 5.34. The first kappa shape index (κ1) is 27.1. The fourth-order valence-corrected chi connectivity index (χ4v) is 5.76. The Kier molecular flexibility index (Phi) is 7.19. The van der Waals surface area contributed by atoms with E-state index in [1.807, 2.05) is 86.6 Å². The van der Waals surface area contributed by atoms with Crippen LogP contribution in [0.3, 0.4) is 0 Å². The Hall–Kier alpha value is -4.46. The van der Waals surface area contributed by atoms with Crippen molar-refractivity contribution in [1.82, 2.24) is 15.1 Å². The molecule has 1 spiro atoms. The summed E-state index contributed by atoms with van der Waals surface area (Å²) in [4.78, 5) is 54.9. The molecule has 0 saturated carbocycles. The second-order valence-electron chi connectivity index (χ2n) is 11.4. The Bertz CT molecular complexity index is 1450. The van der Waals surface area contributed by atoms with Crippen molar-refractivity contribution in [2.45, 2.75) is 45.2 Å². The molecule has 1 heterocycles. The molecule has 5 amide bonds. The van der Waals surface area contributed by atoms with Gasteiger partial charge in [-0.1, -0.05) is 80.6 Å². The summed E-state index contributed by atoms with van der Waals surface area (Å²) in [6.07, 6.45) is 1.36. The van der Waals surface area contributed by atoms with E-state index < -0.39 is 17.0 Å². The lowest BCUT2D eigenvalue weighted by Gasteiger charge is -2.32. The van der Waals surface area contributed by atoms with Gasteiger partial charge in [0.25, 0.3) is 5.91 Å². The van der Waals surface area contributed by atoms with Gasteiger partial charge in [0, 0.05) is 37.5 Å². The number of likely N-dealkylation sites (N-methyl/N-ethyl adjacent to an activating group) is 1. The van der Waals surface area contributed by atoms with E-state index in [1.54, 1.807) is 18.0 Å². The topological polar surface area (TPSA) is 98.8 Å². The molecule has 3 aromatic rings. The van der Waals surface area contributed by atoms with E-state index in [9.17, 15) is 19.2 Å². The summed E-state index contributed by atoms with van der Waals surface area (Å²) in [5, 5.41) is 5.34. The van der Waals surface area contributed by atoms with Crippen LogP contribution in [0.2, 0.25) is 0 Å². The quantitative estimate of drug-likeness (QED) is 0.425. The maximum Gasteiger partial charge on any atom is 0.324 e. The summed E-state index contributed by atoms with van der Waals surface area (Å²) >= 11 is 0. The van der Waals surface area contributed by atoms with E-state index in [2.05, 4.69) is 10.6 Å². The van der Waals surface area contributed by atoms with Crippen molar-refractivity contribution >= 4 is 29.4 Å². The lowest BCUT2D eigenvalue weighted by molar-refractivity contribution is -0.143. The zero-order valence-corrected chi connectivity index (χ0v) is 23.1. The number of nitrogens with one attached hydrogen (secondary N) is 2. The lowest BCUT2D eigenvalue weighted by Crippen LogP contribution is -2.48. The molecule has 0 radical (unpaired) electrons. The van der Waals surface area contributed by atoms with Gasteiger partial charge in [-0.3, -0.25) is 19.7 Å². The van der Waals surface area contributed by atoms with Crippen LogP contribution >= 0.6 is 0 Å². The Morgan fingerprint density at radius 2 is 1.55 bits per heavy atom. The lowest BCUT2D eigenvalue weighted by atomic mass is 9.84. The largest absolute Gasteiger partial charge is 0.329 e. The van der Waals surface area contributed by atoms with Crippen molar-refractivity contribution in [2.24, 2.45) is 5.41 Å². The molecule has 1 aliphatic carbocycles. The molecule has 1 aliphatic heterocycles. The highest BCUT2D eigenvalue weighted by atomic mass is 16.2. The minimum Gasteiger partial charge on any atom is -0.329 e. The van der Waals surface area contributed by atoms with Crippen molar-refractivity contribution in [1.29, 1.82) is 0 Å². The minimum atomic E-state index is -0.925. The number of hydrogen-bond acceptors (Lipinski definition) is 4. The zero-order chi connectivity index (χ0) is 28.5. The maximum absolute atomic E-state index is 13.8. The van der Waals surface area contributed by atoms with Crippen LogP contribution in [-0.2, 0) is 40.2 Å². The standard InChI is InChI=1S/C32H34N4O4/c1-31(2,17-22-10-6-4-7-11-22)29(39)36(20-23-12-8-5-9-13-23)21-27(37)33-26-15-14-24-18-32(19-25(24)16-26)28(38)34-30(40)35(32)3/h4-16H,17-21H2,1-3H3,(H,33,37)(H,34,38,40). The van der Waals surface area contributed by atoms with Crippen LogP contribution in [0.5, 0.6) is 0 Å². The normalized spacial score (nSPS) is 18.0. The van der Waals surface area contributed by atoms with Gasteiger partial charge in [-0.25, -0.2) is 4.79 Å². The third-order valence-electron chi connectivity index (χ3n) is 7.95. The number of imide groups is 1. The number of carbonyl (C=O) groups excluding carboxylic acids is 4. The predicted molar refractivity (Wildman–Crippen MR) is 152 cm³/mol. The maximum atomic E-state index is 13.8. The van der Waals surface area contributed by atoms with E-state index in [0.29, 0.717) is 31.5 Å². The highest BCUT2D eigenvalue weighted by Crippen LogP contribution is 2.38. The molecule has 1 saturated heterocycles. The van der Waals surface area contributed by atoms with E-state index >= 15 is 0 Å². The minimum absolute atomic E-state index is 0.105. The number of fused-ring (bicyclic) bond motifs is 1. The van der Waals surface area contributed by atoms with Gasteiger partial charge >= 0.3 is 6.03 Å². The number of benzene rings is 3. The van der Waals surface area contributed by atoms with Gasteiger partial charge in [0.2, 0.25) is 11.8 Å². The monoisotopic (exact) mass is 538 g/mol. The summed E-state index contributed by atoms with van der Waals surface area (Å²) in [5.74, 6) is -0.709. The molecule has 206 valence electrons. The number of nitrogens with zero attached hydrogens (tertiary/aromatic N) is 2. The van der Waals surface area contributed by atoms with Gasteiger partial charge in [-0.05, 0) is 40.8 Å². The van der Waals surface area contributed by atoms with Crippen LogP contribution < -0.4 is 10.6 Å². The van der Waals surface area contributed by atoms with Crippen molar-refractivity contribution < 1.29 is 19.2 Å². The fourth-order valence-electron chi connectivity index (χ4n) is 5.76. The number of rotatable bonds is 8. The molecular formula is C32H34N4O4. The first-order chi connectivity index (χ1) is 19.1. The SMILES string of the molecule is CN1C(=O)NC(=O)C12Cc1ccc(NC(=O)CN(Cc3ccccc3)C(=O)C(C)(C)Cc3ccccc3)cc1C2. The average molecular weight is 539 g/mol. The number of carbonyl (C=O) groups is 4. The van der Waals surface area contributed by atoms with Gasteiger partial charge in [0.1, 0.15) is 12.1 Å². The Balaban J connectivity index is 1.31. The molecule has 0 aromatic heterocycles. The predicted octanol–water partition coefficient (Wildman–Crippen LogP) is 3.94. The van der Waals surface area contributed by atoms with Gasteiger partial charge in [-0.2, -0.15) is 0 Å². The second-order valence-corrected chi connectivity index (χ2v) is 11.4. The first-order valence-electron chi connectivity index (χ1n) is 13.5. The molecular weight excluding hydrogens is 504 g/mol. The number of amides is 5. The summed E-state index contributed by atoms with van der Waals surface area (Å²) in [6, 6.07) is 24.7. The molecule has 2 aliphatic rings. The fraction of sp³-hybridized carbons (Fsp3) is 0.312. The van der Waals surface area contributed by atoms with Crippen LogP contribution in [0.15, 0.2) is 78.9 Å². The molecule has 8 nitrogen and oxygen atoms in total. The van der Waals surface area contributed by atoms with Crippen LogP contribution in [-0.4, -0.2) is 52.7 Å². The molecule has 1 atom stereocenters. The van der Waals surface area contributed by atoms with Crippen molar-refractivity contribution in [3.05, 3.63) is 101 Å². The van der Waals surface area contributed by atoms with E-state index in [4.69, 9.17) is 0 Å². The first-order valence-corrected chi connectivity index (χ1v) is 13.5. The van der Waals surface area contributed by atoms with E-state index in [1.165, 1.54) is 4.90 Å². The summed E-state index contributed by atoms with van der Waals surface area (Å²) < 4.78 is 0. The third-order valence-corrected chi connectivity index (χ3v) is 7.95. The highest BCUT2D eigenvalue weighted by Gasteiger charge is 2.54. The summed E-state index contributed by atoms with van der Waals surface area (Å²) in [7, 11) is 1.63. The highest BCUT2D eigenvalue weighted by molar-refractivity contribution is 6.07. The second kappa shape index (κ2) is 10.6. The van der Waals surface area contributed by atoms with E-state index in [-0.39, 0.29) is 24.3 Å². The molecule has 8 heteroatoms. The van der Waals surface area contributed by atoms with Crippen LogP contribution in [0.1, 0.15) is 36.1 Å². The van der Waals surface area contributed by atoms with Crippen LogP contribution in [0, 0.1) is 5.41 Å². The Labute approximate surface area is 234 Å². The summed E-state index contributed by atoms with van der Waals surface area (Å²) in [6.45, 7) is 4.03. The van der Waals surface area contributed by atoms with Crippen LogP contribution in [0.25, 0.3) is 0 Å². The molecule has 0 bridgehead atoms. The molecule has 3 aromatic carbocycles. The van der Waals surface area contributed by atoms with Gasteiger partial charge in [0.05, 0.1) is 0 Å². The Morgan fingerprint density at radius 3 is 2.17 bits per heavy atom. The van der Waals surface area contributed by atoms with Crippen molar-refractivity contribution in [3.63, 3.8) is 0 Å². The number of urea groups is 1. The number of hydrogen-bond donors (Lipinski definition) is 2. The smallest absolute Gasteiger partial charge is 0.324 e. The average Bonchev–Trinajstić information content (AvgIpc) is 3.41. The van der Waals surface area contributed by atoms with E-state index in [0.717, 1.165) is 22.3 Å². The number of anilines is 1. The Morgan fingerprint density at radius 1 is 0.925 bits per heavy atom. The van der Waals surface area contributed by atoms with Gasteiger partial charge in [-0.15, -0.1) is 0 Å². The molecule has 5 rings (SSSR count). The molecule has 40 heavy (non-hydrogen) atoms. The zero-order valence-electron chi connectivity index (χ0n) is 23.1. The molecule has 1 fully saturated rings. The van der Waals surface area contributed by atoms with Gasteiger partial charge < -0.3 is 15.1 Å². The molecule has 1 unspecified atom stereocenters. The van der Waals surface area contributed by atoms with Crippen molar-refractivity contribution in [2.75, 3.05) is 18.9 Å². The van der Waals surface area contributed by atoms with Crippen LogP contribution in [0.4, 0.5) is 10.5 Å². The molecule has 2 N–H and O–H groups in total.